The van der Waals surface area contributed by atoms with Gasteiger partial charge in [0, 0.05) is 12.6 Å². The van der Waals surface area contributed by atoms with Gasteiger partial charge in [0.25, 0.3) is 0 Å². The van der Waals surface area contributed by atoms with E-state index in [9.17, 15) is 0 Å². The Hall–Kier alpha value is -0.0800. The highest BCUT2D eigenvalue weighted by Gasteiger charge is 2.25. The predicted octanol–water partition coefficient (Wildman–Crippen LogP) is 2.97. The second-order valence-corrected chi connectivity index (χ2v) is 4.73. The molecule has 0 aliphatic heterocycles. The molecule has 0 heterocycles. The van der Waals surface area contributed by atoms with E-state index in [0.29, 0.717) is 6.10 Å². The first-order valence-electron chi connectivity index (χ1n) is 6.62. The molecule has 1 aliphatic rings. The number of ether oxygens (including phenoxy) is 1. The number of hydrogen-bond donors (Lipinski definition) is 1. The zero-order chi connectivity index (χ0) is 11.1. The SMILES string of the molecule is CCNC1CCCC1CCOC(C)CC. The Bertz CT molecular complexity index is 161. The number of rotatable bonds is 7. The Morgan fingerprint density at radius 1 is 1.33 bits per heavy atom. The van der Waals surface area contributed by atoms with Crippen molar-refractivity contribution in [1.82, 2.24) is 5.32 Å². The quantitative estimate of drug-likeness (QED) is 0.702. The second-order valence-electron chi connectivity index (χ2n) is 4.73. The molecule has 1 saturated carbocycles. The lowest BCUT2D eigenvalue weighted by Crippen LogP contribution is -2.32. The third-order valence-electron chi connectivity index (χ3n) is 3.59. The van der Waals surface area contributed by atoms with Crippen LogP contribution >= 0.6 is 0 Å². The van der Waals surface area contributed by atoms with Gasteiger partial charge in [0.15, 0.2) is 0 Å². The Labute approximate surface area is 94.8 Å². The lowest BCUT2D eigenvalue weighted by molar-refractivity contribution is 0.0526. The van der Waals surface area contributed by atoms with Gasteiger partial charge in [0.2, 0.25) is 0 Å². The van der Waals surface area contributed by atoms with Crippen molar-refractivity contribution >= 4 is 0 Å². The van der Waals surface area contributed by atoms with E-state index in [4.69, 9.17) is 4.74 Å². The molecule has 1 fully saturated rings. The van der Waals surface area contributed by atoms with E-state index in [1.54, 1.807) is 0 Å². The zero-order valence-corrected chi connectivity index (χ0v) is 10.6. The van der Waals surface area contributed by atoms with Gasteiger partial charge in [-0.1, -0.05) is 20.3 Å². The molecule has 3 atom stereocenters. The second kappa shape index (κ2) is 7.24. The molecule has 1 rings (SSSR count). The Morgan fingerprint density at radius 3 is 2.80 bits per heavy atom. The smallest absolute Gasteiger partial charge is 0.0544 e. The van der Waals surface area contributed by atoms with Crippen molar-refractivity contribution in [2.75, 3.05) is 13.2 Å². The first kappa shape index (κ1) is 13.0. The lowest BCUT2D eigenvalue weighted by atomic mass is 10.00. The van der Waals surface area contributed by atoms with Crippen molar-refractivity contribution in [2.45, 2.75) is 65.0 Å². The van der Waals surface area contributed by atoms with Crippen LogP contribution in [0, 0.1) is 5.92 Å². The number of nitrogens with one attached hydrogen (secondary N) is 1. The van der Waals surface area contributed by atoms with Crippen LogP contribution in [0.2, 0.25) is 0 Å². The summed E-state index contributed by atoms with van der Waals surface area (Å²) < 4.78 is 5.75. The van der Waals surface area contributed by atoms with Crippen molar-refractivity contribution in [3.63, 3.8) is 0 Å². The third-order valence-corrected chi connectivity index (χ3v) is 3.59. The van der Waals surface area contributed by atoms with Gasteiger partial charge in [-0.2, -0.15) is 0 Å². The van der Waals surface area contributed by atoms with E-state index < -0.39 is 0 Å². The maximum absolute atomic E-state index is 5.75. The Morgan fingerprint density at radius 2 is 2.13 bits per heavy atom. The van der Waals surface area contributed by atoms with Gasteiger partial charge < -0.3 is 10.1 Å². The Kier molecular flexibility index (Phi) is 6.26. The monoisotopic (exact) mass is 213 g/mol. The molecule has 1 N–H and O–H groups in total. The molecular weight excluding hydrogens is 186 g/mol. The van der Waals surface area contributed by atoms with Gasteiger partial charge in [-0.3, -0.25) is 0 Å². The van der Waals surface area contributed by atoms with E-state index >= 15 is 0 Å². The molecule has 3 unspecified atom stereocenters. The standard InChI is InChI=1S/C13H27NO/c1-4-11(3)15-10-9-12-7-6-8-13(12)14-5-2/h11-14H,4-10H2,1-3H3. The van der Waals surface area contributed by atoms with E-state index in [-0.39, 0.29) is 0 Å². The highest BCUT2D eigenvalue weighted by Crippen LogP contribution is 2.28. The van der Waals surface area contributed by atoms with Crippen molar-refractivity contribution in [2.24, 2.45) is 5.92 Å². The molecule has 0 amide bonds. The van der Waals surface area contributed by atoms with Crippen LogP contribution in [0.1, 0.15) is 52.9 Å². The summed E-state index contributed by atoms with van der Waals surface area (Å²) in [6.07, 6.45) is 6.95. The fraction of sp³-hybridized carbons (Fsp3) is 1.00. The normalized spacial score (nSPS) is 28.2. The minimum atomic E-state index is 0.434. The molecule has 2 nitrogen and oxygen atoms in total. The van der Waals surface area contributed by atoms with Gasteiger partial charge >= 0.3 is 0 Å². The predicted molar refractivity (Wildman–Crippen MR) is 65.1 cm³/mol. The van der Waals surface area contributed by atoms with Crippen molar-refractivity contribution in [3.8, 4) is 0 Å². The van der Waals surface area contributed by atoms with Gasteiger partial charge in [0.05, 0.1) is 6.10 Å². The largest absolute Gasteiger partial charge is 0.379 e. The molecule has 0 aromatic carbocycles. The summed E-state index contributed by atoms with van der Waals surface area (Å²) in [5, 5.41) is 3.59. The topological polar surface area (TPSA) is 21.3 Å². The fourth-order valence-electron chi connectivity index (χ4n) is 2.45. The van der Waals surface area contributed by atoms with Crippen molar-refractivity contribution in [1.29, 1.82) is 0 Å². The molecular formula is C13H27NO. The average Bonchev–Trinajstić information content (AvgIpc) is 2.66. The molecule has 0 radical (unpaired) electrons. The van der Waals surface area contributed by atoms with Crippen LogP contribution in [0.4, 0.5) is 0 Å². The van der Waals surface area contributed by atoms with Crippen LogP contribution in [0.25, 0.3) is 0 Å². The maximum Gasteiger partial charge on any atom is 0.0544 e. The van der Waals surface area contributed by atoms with Gasteiger partial charge in [-0.15, -0.1) is 0 Å². The summed E-state index contributed by atoms with van der Waals surface area (Å²) in [6.45, 7) is 8.60. The summed E-state index contributed by atoms with van der Waals surface area (Å²) in [5.41, 5.74) is 0. The molecule has 0 aromatic rings. The average molecular weight is 213 g/mol. The Balaban J connectivity index is 2.14. The van der Waals surface area contributed by atoms with E-state index in [1.165, 1.54) is 25.7 Å². The maximum atomic E-state index is 5.75. The first-order valence-corrected chi connectivity index (χ1v) is 6.62. The molecule has 0 aromatic heterocycles. The highest BCUT2D eigenvalue weighted by molar-refractivity contribution is 4.82. The van der Waals surface area contributed by atoms with Crippen LogP contribution in [-0.2, 0) is 4.74 Å². The molecule has 15 heavy (non-hydrogen) atoms. The van der Waals surface area contributed by atoms with E-state index in [2.05, 4.69) is 26.1 Å². The summed E-state index contributed by atoms with van der Waals surface area (Å²) >= 11 is 0. The molecule has 0 spiro atoms. The molecule has 90 valence electrons. The fourth-order valence-corrected chi connectivity index (χ4v) is 2.45. The van der Waals surface area contributed by atoms with Crippen molar-refractivity contribution in [3.05, 3.63) is 0 Å². The van der Waals surface area contributed by atoms with Crippen LogP contribution in [-0.4, -0.2) is 25.3 Å². The zero-order valence-electron chi connectivity index (χ0n) is 10.6. The van der Waals surface area contributed by atoms with E-state index in [0.717, 1.165) is 31.5 Å². The highest BCUT2D eigenvalue weighted by atomic mass is 16.5. The van der Waals surface area contributed by atoms with Crippen molar-refractivity contribution < 1.29 is 4.74 Å². The summed E-state index contributed by atoms with van der Waals surface area (Å²) in [5.74, 6) is 0.856. The van der Waals surface area contributed by atoms with Crippen LogP contribution in [0.5, 0.6) is 0 Å². The number of hydrogen-bond acceptors (Lipinski definition) is 2. The summed E-state index contributed by atoms with van der Waals surface area (Å²) in [4.78, 5) is 0. The van der Waals surface area contributed by atoms with Gasteiger partial charge in [-0.25, -0.2) is 0 Å². The third kappa shape index (κ3) is 4.52. The van der Waals surface area contributed by atoms with E-state index in [1.807, 2.05) is 0 Å². The molecule has 1 aliphatic carbocycles. The molecule has 0 bridgehead atoms. The van der Waals surface area contributed by atoms with Crippen LogP contribution in [0.3, 0.4) is 0 Å². The summed E-state index contributed by atoms with van der Waals surface area (Å²) in [6, 6.07) is 0.760. The molecule has 2 heteroatoms. The molecule has 0 saturated heterocycles. The van der Waals surface area contributed by atoms with Crippen LogP contribution in [0.15, 0.2) is 0 Å². The lowest BCUT2D eigenvalue weighted by Gasteiger charge is -2.21. The van der Waals surface area contributed by atoms with Crippen LogP contribution < -0.4 is 5.32 Å². The summed E-state index contributed by atoms with van der Waals surface area (Å²) in [7, 11) is 0. The van der Waals surface area contributed by atoms with Gasteiger partial charge in [0.1, 0.15) is 0 Å². The minimum absolute atomic E-state index is 0.434. The first-order chi connectivity index (χ1) is 7.27. The van der Waals surface area contributed by atoms with Gasteiger partial charge in [-0.05, 0) is 45.1 Å². The minimum Gasteiger partial charge on any atom is -0.379 e.